The van der Waals surface area contributed by atoms with Crippen molar-refractivity contribution in [1.82, 2.24) is 5.06 Å². The Kier molecular flexibility index (Phi) is 3.47. The third kappa shape index (κ3) is 2.01. The summed E-state index contributed by atoms with van der Waals surface area (Å²) in [5, 5.41) is 24.5. The predicted molar refractivity (Wildman–Crippen MR) is 81.0 cm³/mol. The van der Waals surface area contributed by atoms with E-state index >= 15 is 0 Å². The van der Waals surface area contributed by atoms with Crippen LogP contribution in [0.15, 0.2) is 54.6 Å². The van der Waals surface area contributed by atoms with Crippen molar-refractivity contribution in [3.05, 3.63) is 76.7 Å². The second-order valence-corrected chi connectivity index (χ2v) is 5.59. The first kappa shape index (κ1) is 14.7. The smallest absolute Gasteiger partial charge is 0.274 e. The lowest BCUT2D eigenvalue weighted by molar-refractivity contribution is -0.595. The minimum absolute atomic E-state index is 0.382. The fourth-order valence-electron chi connectivity index (χ4n) is 2.97. The SMILES string of the molecule is C[C@H]1C(c2ccccc2)=[N+]([O-])[C@@](C)(c2ccc(F)cc2)N1O. The first-order valence-electron chi connectivity index (χ1n) is 7.10. The van der Waals surface area contributed by atoms with Crippen LogP contribution in [0.25, 0.3) is 0 Å². The lowest BCUT2D eigenvalue weighted by atomic mass is 10.0. The van der Waals surface area contributed by atoms with Gasteiger partial charge in [0.1, 0.15) is 11.9 Å². The Labute approximate surface area is 128 Å². The molecule has 0 unspecified atom stereocenters. The molecule has 0 bridgehead atoms. The number of nitrogens with zero attached hydrogens (tertiary/aromatic N) is 2. The highest BCUT2D eigenvalue weighted by Crippen LogP contribution is 2.36. The minimum atomic E-state index is -1.29. The van der Waals surface area contributed by atoms with Crippen LogP contribution in [0.1, 0.15) is 25.0 Å². The lowest BCUT2D eigenvalue weighted by Crippen LogP contribution is -2.45. The van der Waals surface area contributed by atoms with Gasteiger partial charge in [-0.1, -0.05) is 18.2 Å². The van der Waals surface area contributed by atoms with Crippen LogP contribution in [0.2, 0.25) is 0 Å². The zero-order chi connectivity index (χ0) is 15.9. The number of hydroxylamine groups is 3. The average Bonchev–Trinajstić information content (AvgIpc) is 2.71. The van der Waals surface area contributed by atoms with E-state index in [1.807, 2.05) is 30.3 Å². The van der Waals surface area contributed by atoms with Crippen molar-refractivity contribution < 1.29 is 14.3 Å². The van der Waals surface area contributed by atoms with Crippen molar-refractivity contribution in [2.75, 3.05) is 0 Å². The van der Waals surface area contributed by atoms with E-state index in [-0.39, 0.29) is 5.82 Å². The molecule has 1 heterocycles. The van der Waals surface area contributed by atoms with Gasteiger partial charge < -0.3 is 10.4 Å². The molecule has 0 aliphatic carbocycles. The number of benzene rings is 2. The highest BCUT2D eigenvalue weighted by molar-refractivity contribution is 6.01. The summed E-state index contributed by atoms with van der Waals surface area (Å²) in [6.45, 7) is 3.39. The molecular formula is C17H17FN2O2. The molecule has 0 fully saturated rings. The molecule has 2 aromatic carbocycles. The van der Waals surface area contributed by atoms with E-state index in [0.717, 1.165) is 15.4 Å². The van der Waals surface area contributed by atoms with Crippen LogP contribution in [0.5, 0.6) is 0 Å². The van der Waals surface area contributed by atoms with E-state index in [1.54, 1.807) is 13.8 Å². The van der Waals surface area contributed by atoms with Crippen molar-refractivity contribution in [3.63, 3.8) is 0 Å². The van der Waals surface area contributed by atoms with Gasteiger partial charge in [-0.3, -0.25) is 0 Å². The summed E-state index contributed by atoms with van der Waals surface area (Å²) in [4.78, 5) is 0. The van der Waals surface area contributed by atoms with Gasteiger partial charge >= 0.3 is 0 Å². The highest BCUT2D eigenvalue weighted by atomic mass is 19.1. The van der Waals surface area contributed by atoms with Crippen molar-refractivity contribution in [2.45, 2.75) is 25.6 Å². The Morgan fingerprint density at radius 1 is 1.14 bits per heavy atom. The molecule has 1 aliphatic rings. The van der Waals surface area contributed by atoms with Crippen LogP contribution in [-0.2, 0) is 5.66 Å². The molecule has 114 valence electrons. The molecule has 0 radical (unpaired) electrons. The largest absolute Gasteiger partial charge is 0.622 e. The highest BCUT2D eigenvalue weighted by Gasteiger charge is 2.54. The summed E-state index contributed by atoms with van der Waals surface area (Å²) >= 11 is 0. The van der Waals surface area contributed by atoms with Crippen LogP contribution < -0.4 is 0 Å². The Morgan fingerprint density at radius 3 is 2.32 bits per heavy atom. The first-order chi connectivity index (χ1) is 10.5. The van der Waals surface area contributed by atoms with Gasteiger partial charge in [0.15, 0.2) is 0 Å². The number of rotatable bonds is 2. The van der Waals surface area contributed by atoms with Gasteiger partial charge in [-0.2, -0.15) is 4.74 Å². The maximum absolute atomic E-state index is 13.1. The van der Waals surface area contributed by atoms with E-state index < -0.39 is 11.7 Å². The Bertz CT molecular complexity index is 715. The fourth-order valence-corrected chi connectivity index (χ4v) is 2.97. The Hall–Kier alpha value is -2.24. The van der Waals surface area contributed by atoms with E-state index in [4.69, 9.17) is 0 Å². The third-order valence-electron chi connectivity index (χ3n) is 4.28. The number of hydrogen-bond acceptors (Lipinski definition) is 3. The van der Waals surface area contributed by atoms with Crippen LogP contribution in [-0.4, -0.2) is 26.8 Å². The Balaban J connectivity index is 2.16. The summed E-state index contributed by atoms with van der Waals surface area (Å²) in [5.41, 5.74) is 0.479. The summed E-state index contributed by atoms with van der Waals surface area (Å²) < 4.78 is 13.9. The summed E-state index contributed by atoms with van der Waals surface area (Å²) in [7, 11) is 0. The van der Waals surface area contributed by atoms with Gasteiger partial charge in [0.05, 0.1) is 0 Å². The molecule has 0 saturated carbocycles. The second-order valence-electron chi connectivity index (χ2n) is 5.59. The zero-order valence-electron chi connectivity index (χ0n) is 12.4. The molecule has 0 aromatic heterocycles. The van der Waals surface area contributed by atoms with Crippen molar-refractivity contribution in [3.8, 4) is 0 Å². The molecule has 22 heavy (non-hydrogen) atoms. The van der Waals surface area contributed by atoms with Gasteiger partial charge in [-0.05, 0) is 43.3 Å². The first-order valence-corrected chi connectivity index (χ1v) is 7.10. The van der Waals surface area contributed by atoms with E-state index in [9.17, 15) is 14.8 Å². The molecule has 2 aromatic rings. The molecule has 1 N–H and O–H groups in total. The second kappa shape index (κ2) is 5.19. The number of hydrogen-bond donors (Lipinski definition) is 1. The van der Waals surface area contributed by atoms with Crippen LogP contribution in [0.4, 0.5) is 4.39 Å². The standard InChI is InChI=1S/C17H17FN2O2/c1-12-16(13-6-4-3-5-7-13)20(22)17(2,19(12)21)14-8-10-15(18)11-9-14/h3-12,21H,1-2H3/t12-,17-/m0/s1. The van der Waals surface area contributed by atoms with Gasteiger partial charge in [0.2, 0.25) is 5.71 Å². The quantitative estimate of drug-likeness (QED) is 0.685. The zero-order valence-corrected chi connectivity index (χ0v) is 12.4. The molecule has 0 amide bonds. The summed E-state index contributed by atoms with van der Waals surface area (Å²) in [6, 6.07) is 14.4. The van der Waals surface area contributed by atoms with E-state index in [1.165, 1.54) is 24.3 Å². The van der Waals surface area contributed by atoms with E-state index in [2.05, 4.69) is 0 Å². The molecule has 0 saturated heterocycles. The molecule has 0 spiro atoms. The minimum Gasteiger partial charge on any atom is -0.622 e. The van der Waals surface area contributed by atoms with Crippen LogP contribution in [0, 0.1) is 11.0 Å². The molecular weight excluding hydrogens is 283 g/mol. The van der Waals surface area contributed by atoms with Gasteiger partial charge in [-0.15, -0.1) is 5.06 Å². The topological polar surface area (TPSA) is 49.5 Å². The molecule has 3 rings (SSSR count). The van der Waals surface area contributed by atoms with Crippen LogP contribution in [0.3, 0.4) is 0 Å². The predicted octanol–water partition coefficient (Wildman–Crippen LogP) is 3.09. The summed E-state index contributed by atoms with van der Waals surface area (Å²) in [6.07, 6.45) is 0. The fraction of sp³-hybridized carbons (Fsp3) is 0.235. The van der Waals surface area contributed by atoms with E-state index in [0.29, 0.717) is 11.3 Å². The lowest BCUT2D eigenvalue weighted by Gasteiger charge is -2.29. The normalized spacial score (nSPS) is 25.7. The van der Waals surface area contributed by atoms with Crippen molar-refractivity contribution in [2.24, 2.45) is 0 Å². The third-order valence-corrected chi connectivity index (χ3v) is 4.28. The molecule has 2 atom stereocenters. The Morgan fingerprint density at radius 2 is 1.73 bits per heavy atom. The van der Waals surface area contributed by atoms with Crippen molar-refractivity contribution >= 4 is 5.71 Å². The molecule has 1 aliphatic heterocycles. The van der Waals surface area contributed by atoms with Gasteiger partial charge in [-0.25, -0.2) is 4.39 Å². The molecule has 5 heteroatoms. The monoisotopic (exact) mass is 300 g/mol. The maximum Gasteiger partial charge on any atom is 0.274 e. The summed E-state index contributed by atoms with van der Waals surface area (Å²) in [5.74, 6) is -0.382. The van der Waals surface area contributed by atoms with Gasteiger partial charge in [0.25, 0.3) is 5.66 Å². The molecule has 4 nitrogen and oxygen atoms in total. The number of halogens is 1. The van der Waals surface area contributed by atoms with Crippen LogP contribution >= 0.6 is 0 Å². The average molecular weight is 300 g/mol. The van der Waals surface area contributed by atoms with Gasteiger partial charge in [0, 0.05) is 18.1 Å². The maximum atomic E-state index is 13.1. The van der Waals surface area contributed by atoms with Crippen molar-refractivity contribution in [1.29, 1.82) is 0 Å².